The van der Waals surface area contributed by atoms with E-state index in [1.54, 1.807) is 54.6 Å². The highest BCUT2D eigenvalue weighted by atomic mass is 35.5. The lowest BCUT2D eigenvalue weighted by atomic mass is 10.2. The number of hydrogen-bond acceptors (Lipinski definition) is 5. The molecular formula is C24H19Cl2N3O5. The molecule has 1 aliphatic heterocycles. The first kappa shape index (κ1) is 23.4. The van der Waals surface area contributed by atoms with Crippen LogP contribution in [0.1, 0.15) is 0 Å². The van der Waals surface area contributed by atoms with E-state index in [1.165, 1.54) is 11.0 Å². The number of nitrogens with zero attached hydrogens (tertiary/aromatic N) is 1. The van der Waals surface area contributed by atoms with Crippen LogP contribution in [0.25, 0.3) is 0 Å². The lowest BCUT2D eigenvalue weighted by Crippen LogP contribution is -2.43. The van der Waals surface area contributed by atoms with Crippen LogP contribution in [-0.4, -0.2) is 37.5 Å². The maximum atomic E-state index is 12.5. The van der Waals surface area contributed by atoms with Gasteiger partial charge in [-0.3, -0.25) is 19.3 Å². The van der Waals surface area contributed by atoms with Gasteiger partial charge in [-0.25, -0.2) is 0 Å². The lowest BCUT2D eigenvalue weighted by molar-refractivity contribution is -0.123. The minimum atomic E-state index is -0.442. The van der Waals surface area contributed by atoms with Crippen molar-refractivity contribution < 1.29 is 23.9 Å². The number of benzene rings is 3. The molecule has 3 aromatic carbocycles. The van der Waals surface area contributed by atoms with Crippen LogP contribution in [0.5, 0.6) is 11.5 Å². The van der Waals surface area contributed by atoms with Gasteiger partial charge in [0.15, 0.2) is 13.2 Å². The lowest BCUT2D eigenvalue weighted by Gasteiger charge is -2.29. The second kappa shape index (κ2) is 10.5. The van der Waals surface area contributed by atoms with Crippen LogP contribution in [0.2, 0.25) is 10.0 Å². The molecule has 0 aromatic heterocycles. The minimum absolute atomic E-state index is 0.187. The first-order valence-corrected chi connectivity index (χ1v) is 10.9. The Morgan fingerprint density at radius 3 is 2.47 bits per heavy atom. The molecule has 174 valence electrons. The van der Waals surface area contributed by atoms with Gasteiger partial charge in [0.2, 0.25) is 5.91 Å². The summed E-state index contributed by atoms with van der Waals surface area (Å²) in [7, 11) is 0. The molecule has 0 bridgehead atoms. The Hall–Kier alpha value is -3.75. The smallest absolute Gasteiger partial charge is 0.265 e. The Kier molecular flexibility index (Phi) is 7.20. The standard InChI is InChI=1S/C24H19Cl2N3O5/c25-15-6-8-20(18(26)10-15)33-13-23(31)28-17-7-9-21-19(11-17)29(24(32)14-34-21)12-22(30)27-16-4-2-1-3-5-16/h1-11H,12-14H2,(H,27,30)(H,28,31). The van der Waals surface area contributed by atoms with Crippen LogP contribution in [0.4, 0.5) is 17.1 Å². The number of rotatable bonds is 7. The van der Waals surface area contributed by atoms with Crippen molar-refractivity contribution in [1.29, 1.82) is 0 Å². The molecule has 4 rings (SSSR count). The molecule has 0 atom stereocenters. The second-order valence-corrected chi connectivity index (χ2v) is 8.12. The Bertz CT molecular complexity index is 1240. The van der Waals surface area contributed by atoms with E-state index < -0.39 is 5.91 Å². The van der Waals surface area contributed by atoms with Gasteiger partial charge in [0.25, 0.3) is 11.8 Å². The zero-order valence-corrected chi connectivity index (χ0v) is 19.2. The summed E-state index contributed by atoms with van der Waals surface area (Å²) in [5.41, 5.74) is 1.40. The summed E-state index contributed by atoms with van der Waals surface area (Å²) in [6, 6.07) is 18.4. The highest BCUT2D eigenvalue weighted by molar-refractivity contribution is 6.35. The monoisotopic (exact) mass is 499 g/mol. The molecule has 1 aliphatic rings. The van der Waals surface area contributed by atoms with E-state index in [0.29, 0.717) is 33.6 Å². The fourth-order valence-corrected chi connectivity index (χ4v) is 3.71. The Labute approximate surface area is 205 Å². The maximum absolute atomic E-state index is 12.5. The Balaban J connectivity index is 1.42. The van der Waals surface area contributed by atoms with Crippen molar-refractivity contribution in [3.8, 4) is 11.5 Å². The summed E-state index contributed by atoms with van der Waals surface area (Å²) >= 11 is 11.9. The van der Waals surface area contributed by atoms with Crippen LogP contribution in [0.15, 0.2) is 66.7 Å². The highest BCUT2D eigenvalue weighted by Crippen LogP contribution is 2.34. The molecule has 1 heterocycles. The molecule has 0 saturated carbocycles. The number of fused-ring (bicyclic) bond motifs is 1. The highest BCUT2D eigenvalue weighted by Gasteiger charge is 2.28. The van der Waals surface area contributed by atoms with Gasteiger partial charge in [-0.1, -0.05) is 41.4 Å². The SMILES string of the molecule is O=C(COc1ccc(Cl)cc1Cl)Nc1ccc2c(c1)N(CC(=O)Nc1ccccc1)C(=O)CO2. The number of nitrogens with one attached hydrogen (secondary N) is 2. The maximum Gasteiger partial charge on any atom is 0.265 e. The van der Waals surface area contributed by atoms with Crippen molar-refractivity contribution in [3.05, 3.63) is 76.8 Å². The molecule has 0 fully saturated rings. The number of amides is 3. The minimum Gasteiger partial charge on any atom is -0.482 e. The molecule has 34 heavy (non-hydrogen) atoms. The molecular weight excluding hydrogens is 481 g/mol. The molecule has 3 amide bonds. The predicted octanol–water partition coefficient (Wildman–Crippen LogP) is 4.38. The van der Waals surface area contributed by atoms with Crippen molar-refractivity contribution in [1.82, 2.24) is 0 Å². The van der Waals surface area contributed by atoms with Crippen molar-refractivity contribution in [3.63, 3.8) is 0 Å². The van der Waals surface area contributed by atoms with E-state index in [2.05, 4.69) is 10.6 Å². The van der Waals surface area contributed by atoms with E-state index in [-0.39, 0.29) is 36.6 Å². The van der Waals surface area contributed by atoms with Gasteiger partial charge in [-0.05, 0) is 48.5 Å². The number of hydrogen-bond donors (Lipinski definition) is 2. The van der Waals surface area contributed by atoms with Gasteiger partial charge in [-0.2, -0.15) is 0 Å². The average molecular weight is 500 g/mol. The van der Waals surface area contributed by atoms with Crippen molar-refractivity contribution in [2.24, 2.45) is 0 Å². The van der Waals surface area contributed by atoms with Crippen LogP contribution in [0.3, 0.4) is 0 Å². The molecule has 0 saturated heterocycles. The summed E-state index contributed by atoms with van der Waals surface area (Å²) in [5.74, 6) is -0.437. The Morgan fingerprint density at radius 1 is 0.941 bits per heavy atom. The molecule has 3 aromatic rings. The van der Waals surface area contributed by atoms with Gasteiger partial charge in [0, 0.05) is 16.4 Å². The molecule has 0 unspecified atom stereocenters. The van der Waals surface area contributed by atoms with Crippen LogP contribution in [-0.2, 0) is 14.4 Å². The van der Waals surface area contributed by atoms with Crippen molar-refractivity contribution in [2.45, 2.75) is 0 Å². The topological polar surface area (TPSA) is 97.0 Å². The molecule has 10 heteroatoms. The van der Waals surface area contributed by atoms with Gasteiger partial charge in [-0.15, -0.1) is 0 Å². The zero-order chi connectivity index (χ0) is 24.1. The number of carbonyl (C=O) groups excluding carboxylic acids is 3. The van der Waals surface area contributed by atoms with Crippen LogP contribution in [0, 0.1) is 0 Å². The van der Waals surface area contributed by atoms with E-state index in [4.69, 9.17) is 32.7 Å². The van der Waals surface area contributed by atoms with Gasteiger partial charge in [0.05, 0.1) is 10.7 Å². The van der Waals surface area contributed by atoms with Gasteiger partial charge in [0.1, 0.15) is 18.0 Å². The first-order valence-electron chi connectivity index (χ1n) is 10.2. The number of carbonyl (C=O) groups is 3. The average Bonchev–Trinajstić information content (AvgIpc) is 2.81. The molecule has 0 radical (unpaired) electrons. The first-order chi connectivity index (χ1) is 16.4. The summed E-state index contributed by atoms with van der Waals surface area (Å²) in [6.45, 7) is -0.691. The summed E-state index contributed by atoms with van der Waals surface area (Å²) in [5, 5.41) is 6.18. The van der Waals surface area contributed by atoms with E-state index in [0.717, 1.165) is 0 Å². The van der Waals surface area contributed by atoms with Gasteiger partial charge >= 0.3 is 0 Å². The van der Waals surface area contributed by atoms with Crippen LogP contribution < -0.4 is 25.0 Å². The van der Waals surface area contributed by atoms with E-state index >= 15 is 0 Å². The third kappa shape index (κ3) is 5.78. The molecule has 0 spiro atoms. The van der Waals surface area contributed by atoms with Gasteiger partial charge < -0.3 is 20.1 Å². The number of ether oxygens (including phenoxy) is 2. The number of para-hydroxylation sites is 1. The fraction of sp³-hybridized carbons (Fsp3) is 0.125. The fourth-order valence-electron chi connectivity index (χ4n) is 3.25. The normalized spacial score (nSPS) is 12.4. The number of halogens is 2. The third-order valence-electron chi connectivity index (χ3n) is 4.80. The van der Waals surface area contributed by atoms with E-state index in [9.17, 15) is 14.4 Å². The third-order valence-corrected chi connectivity index (χ3v) is 5.33. The summed E-state index contributed by atoms with van der Waals surface area (Å²) in [4.78, 5) is 38.7. The molecule has 8 nitrogen and oxygen atoms in total. The summed E-state index contributed by atoms with van der Waals surface area (Å²) < 4.78 is 10.9. The predicted molar refractivity (Wildman–Crippen MR) is 130 cm³/mol. The summed E-state index contributed by atoms with van der Waals surface area (Å²) in [6.07, 6.45) is 0. The number of anilines is 3. The van der Waals surface area contributed by atoms with Crippen LogP contribution >= 0.6 is 23.2 Å². The van der Waals surface area contributed by atoms with Crippen molar-refractivity contribution >= 4 is 58.0 Å². The van der Waals surface area contributed by atoms with E-state index in [1.807, 2.05) is 6.07 Å². The quantitative estimate of drug-likeness (QED) is 0.502. The largest absolute Gasteiger partial charge is 0.482 e. The molecule has 0 aliphatic carbocycles. The zero-order valence-electron chi connectivity index (χ0n) is 17.7. The Morgan fingerprint density at radius 2 is 1.71 bits per heavy atom. The second-order valence-electron chi connectivity index (χ2n) is 7.28. The van der Waals surface area contributed by atoms with Crippen molar-refractivity contribution in [2.75, 3.05) is 35.3 Å². The molecule has 2 N–H and O–H groups in total.